The summed E-state index contributed by atoms with van der Waals surface area (Å²) in [5.74, 6) is 1.08. The van der Waals surface area contributed by atoms with Gasteiger partial charge in [-0.15, -0.1) is 0 Å². The largest absolute Gasteiger partial charge is 0.490 e. The van der Waals surface area contributed by atoms with E-state index in [0.717, 1.165) is 6.07 Å². The van der Waals surface area contributed by atoms with Crippen molar-refractivity contribution < 1.29 is 22.8 Å². The summed E-state index contributed by atoms with van der Waals surface area (Å²) < 4.78 is 38.2. The van der Waals surface area contributed by atoms with Crippen LogP contribution in [0.1, 0.15) is 19.4 Å². The summed E-state index contributed by atoms with van der Waals surface area (Å²) in [7, 11) is -4.04. The predicted octanol–water partition coefficient (Wildman–Crippen LogP) is 2.87. The number of nitrogens with zero attached hydrogens (tertiary/aromatic N) is 1. The molecule has 9 heteroatoms. The van der Waals surface area contributed by atoms with Crippen LogP contribution in [0.2, 0.25) is 0 Å². The molecule has 0 aromatic heterocycles. The van der Waals surface area contributed by atoms with Crippen LogP contribution in [0, 0.1) is 10.1 Å². The zero-order valence-electron chi connectivity index (χ0n) is 14.5. The fourth-order valence-electron chi connectivity index (χ4n) is 2.30. The van der Waals surface area contributed by atoms with Crippen molar-refractivity contribution in [1.29, 1.82) is 0 Å². The summed E-state index contributed by atoms with van der Waals surface area (Å²) in [6, 6.07) is 10.3. The molecule has 8 nitrogen and oxygen atoms in total. The number of nitrogens with one attached hydrogen (secondary N) is 1. The molecule has 0 atom stereocenters. The lowest BCUT2D eigenvalue weighted by Gasteiger charge is -2.13. The fraction of sp³-hybridized carbons (Fsp3) is 0.294. The SMILES string of the molecule is CCOc1ccc(CNS(=O)(=O)c2ccccc2[N+](=O)[O-])cc1OCC. The molecule has 2 aromatic rings. The van der Waals surface area contributed by atoms with Crippen LogP contribution >= 0.6 is 0 Å². The molecule has 0 amide bonds. The number of hydrogen-bond acceptors (Lipinski definition) is 6. The second-order valence-corrected chi connectivity index (χ2v) is 6.93. The lowest BCUT2D eigenvalue weighted by Crippen LogP contribution is -2.24. The first-order valence-electron chi connectivity index (χ1n) is 8.00. The highest BCUT2D eigenvalue weighted by Gasteiger charge is 2.24. The van der Waals surface area contributed by atoms with Gasteiger partial charge in [0.25, 0.3) is 5.69 Å². The van der Waals surface area contributed by atoms with E-state index in [2.05, 4.69) is 4.72 Å². The van der Waals surface area contributed by atoms with E-state index < -0.39 is 20.6 Å². The van der Waals surface area contributed by atoms with Gasteiger partial charge in [0.05, 0.1) is 18.1 Å². The van der Waals surface area contributed by atoms with Gasteiger partial charge >= 0.3 is 0 Å². The molecule has 0 aliphatic carbocycles. The zero-order chi connectivity index (χ0) is 19.2. The molecule has 0 fully saturated rings. The number of nitro groups is 1. The Morgan fingerprint density at radius 1 is 1.04 bits per heavy atom. The van der Waals surface area contributed by atoms with Crippen LogP contribution in [0.25, 0.3) is 0 Å². The van der Waals surface area contributed by atoms with Crippen molar-refractivity contribution in [2.24, 2.45) is 0 Å². The number of hydrogen-bond donors (Lipinski definition) is 1. The van der Waals surface area contributed by atoms with Crippen LogP contribution in [0.15, 0.2) is 47.4 Å². The molecule has 2 rings (SSSR count). The van der Waals surface area contributed by atoms with Gasteiger partial charge in [0.2, 0.25) is 10.0 Å². The number of nitro benzene ring substituents is 1. The highest BCUT2D eigenvalue weighted by atomic mass is 32.2. The number of benzene rings is 2. The molecule has 0 bridgehead atoms. The van der Waals surface area contributed by atoms with Gasteiger partial charge in [-0.3, -0.25) is 10.1 Å². The first-order valence-corrected chi connectivity index (χ1v) is 9.49. The van der Waals surface area contributed by atoms with Crippen molar-refractivity contribution in [3.05, 3.63) is 58.1 Å². The highest BCUT2D eigenvalue weighted by molar-refractivity contribution is 7.89. The van der Waals surface area contributed by atoms with E-state index in [0.29, 0.717) is 30.3 Å². The van der Waals surface area contributed by atoms with Gasteiger partial charge in [-0.25, -0.2) is 13.1 Å². The summed E-state index contributed by atoms with van der Waals surface area (Å²) in [4.78, 5) is 9.94. The quantitative estimate of drug-likeness (QED) is 0.529. The minimum absolute atomic E-state index is 0.0408. The van der Waals surface area contributed by atoms with Gasteiger partial charge in [-0.05, 0) is 37.6 Å². The number of ether oxygens (including phenoxy) is 2. The van der Waals surface area contributed by atoms with E-state index in [1.54, 1.807) is 18.2 Å². The minimum atomic E-state index is -4.04. The molecule has 0 radical (unpaired) electrons. The normalized spacial score (nSPS) is 11.2. The zero-order valence-corrected chi connectivity index (χ0v) is 15.3. The first kappa shape index (κ1) is 19.7. The molecule has 0 aliphatic rings. The lowest BCUT2D eigenvalue weighted by atomic mass is 10.2. The van der Waals surface area contributed by atoms with Gasteiger partial charge in [-0.2, -0.15) is 0 Å². The smallest absolute Gasteiger partial charge is 0.289 e. The summed E-state index contributed by atoms with van der Waals surface area (Å²) >= 11 is 0. The molecule has 1 N–H and O–H groups in total. The van der Waals surface area contributed by atoms with Crippen molar-refractivity contribution >= 4 is 15.7 Å². The highest BCUT2D eigenvalue weighted by Crippen LogP contribution is 2.29. The van der Waals surface area contributed by atoms with Crippen molar-refractivity contribution in [2.75, 3.05) is 13.2 Å². The topological polar surface area (TPSA) is 108 Å². The van der Waals surface area contributed by atoms with Gasteiger partial charge in [-0.1, -0.05) is 18.2 Å². The Labute approximate surface area is 152 Å². The molecular formula is C17H20N2O6S. The average molecular weight is 380 g/mol. The summed E-state index contributed by atoms with van der Waals surface area (Å²) in [5.41, 5.74) is 0.167. The molecule has 0 unspecified atom stereocenters. The Morgan fingerprint density at radius 3 is 2.35 bits per heavy atom. The van der Waals surface area contributed by atoms with Crippen molar-refractivity contribution in [3.63, 3.8) is 0 Å². The van der Waals surface area contributed by atoms with Gasteiger partial charge in [0.1, 0.15) is 0 Å². The molecule has 0 spiro atoms. The maximum atomic E-state index is 12.4. The Kier molecular flexibility index (Phi) is 6.53. The molecule has 0 aliphatic heterocycles. The predicted molar refractivity (Wildman–Crippen MR) is 95.9 cm³/mol. The Balaban J connectivity index is 2.22. The van der Waals surface area contributed by atoms with Crippen molar-refractivity contribution in [3.8, 4) is 11.5 Å². The first-order chi connectivity index (χ1) is 12.4. The second-order valence-electron chi connectivity index (χ2n) is 5.20. The maximum Gasteiger partial charge on any atom is 0.289 e. The third-order valence-corrected chi connectivity index (χ3v) is 4.87. The maximum absolute atomic E-state index is 12.4. The number of rotatable bonds is 9. The van der Waals surface area contributed by atoms with Gasteiger partial charge < -0.3 is 9.47 Å². The molecular weight excluding hydrogens is 360 g/mol. The van der Waals surface area contributed by atoms with Crippen molar-refractivity contribution in [1.82, 2.24) is 4.72 Å². The van der Waals surface area contributed by atoms with E-state index in [4.69, 9.17) is 9.47 Å². The van der Waals surface area contributed by atoms with E-state index in [9.17, 15) is 18.5 Å². The third-order valence-electron chi connectivity index (χ3n) is 3.43. The van der Waals surface area contributed by atoms with Crippen LogP contribution in [0.4, 0.5) is 5.69 Å². The standard InChI is InChI=1S/C17H20N2O6S/c1-3-24-15-10-9-13(11-16(15)25-4-2)12-18-26(22,23)17-8-6-5-7-14(17)19(20)21/h5-11,18H,3-4,12H2,1-2H3. The summed E-state index contributed by atoms with van der Waals surface area (Å²) in [5, 5.41) is 11.0. The monoisotopic (exact) mass is 380 g/mol. The van der Waals surface area contributed by atoms with Crippen molar-refractivity contribution in [2.45, 2.75) is 25.3 Å². The molecule has 140 valence electrons. The van der Waals surface area contributed by atoms with Crippen LogP contribution in [0.5, 0.6) is 11.5 Å². The van der Waals surface area contributed by atoms with E-state index >= 15 is 0 Å². The second kappa shape index (κ2) is 8.63. The lowest BCUT2D eigenvalue weighted by molar-refractivity contribution is -0.387. The Hall–Kier alpha value is -2.65. The van der Waals surface area contributed by atoms with Crippen LogP contribution in [-0.2, 0) is 16.6 Å². The van der Waals surface area contributed by atoms with Crippen LogP contribution in [0.3, 0.4) is 0 Å². The minimum Gasteiger partial charge on any atom is -0.490 e. The summed E-state index contributed by atoms with van der Waals surface area (Å²) in [6.07, 6.45) is 0. The average Bonchev–Trinajstić information content (AvgIpc) is 2.62. The van der Waals surface area contributed by atoms with E-state index in [-0.39, 0.29) is 11.4 Å². The van der Waals surface area contributed by atoms with E-state index in [1.807, 2.05) is 13.8 Å². The number of para-hydroxylation sites is 1. The van der Waals surface area contributed by atoms with Gasteiger partial charge in [0.15, 0.2) is 16.4 Å². The Morgan fingerprint density at radius 2 is 1.69 bits per heavy atom. The van der Waals surface area contributed by atoms with Gasteiger partial charge in [0, 0.05) is 12.6 Å². The molecule has 2 aromatic carbocycles. The number of sulfonamides is 1. The molecule has 0 saturated carbocycles. The molecule has 0 saturated heterocycles. The third kappa shape index (κ3) is 4.70. The fourth-order valence-corrected chi connectivity index (χ4v) is 3.48. The van der Waals surface area contributed by atoms with Crippen LogP contribution < -0.4 is 14.2 Å². The molecule has 26 heavy (non-hydrogen) atoms. The molecule has 0 heterocycles. The Bertz CT molecular complexity index is 883. The van der Waals surface area contributed by atoms with Crippen LogP contribution in [-0.4, -0.2) is 26.6 Å². The summed E-state index contributed by atoms with van der Waals surface area (Å²) in [6.45, 7) is 4.56. The van der Waals surface area contributed by atoms with E-state index in [1.165, 1.54) is 18.2 Å².